The van der Waals surface area contributed by atoms with Gasteiger partial charge in [-0.2, -0.15) is 15.0 Å². The Balaban J connectivity index is 1.69. The van der Waals surface area contributed by atoms with Gasteiger partial charge in [-0.15, -0.1) is 5.10 Å². The molecule has 0 unspecified atom stereocenters. The molecular weight excluding hydrogens is 266 g/mol. The Hall–Kier alpha value is -2.76. The second-order valence-electron chi connectivity index (χ2n) is 4.72. The van der Waals surface area contributed by atoms with E-state index in [1.807, 2.05) is 43.4 Å². The summed E-state index contributed by atoms with van der Waals surface area (Å²) < 4.78 is 1.77. The van der Waals surface area contributed by atoms with Gasteiger partial charge >= 0.3 is 0 Å². The third-order valence-electron chi connectivity index (χ3n) is 3.30. The molecule has 0 aliphatic carbocycles. The minimum absolute atomic E-state index is 0.0154. The molecule has 106 valence electrons. The van der Waals surface area contributed by atoms with Gasteiger partial charge in [0, 0.05) is 25.4 Å². The molecule has 0 radical (unpaired) electrons. The molecule has 1 aromatic carbocycles. The number of para-hydroxylation sites is 1. The van der Waals surface area contributed by atoms with Crippen LogP contribution in [0.15, 0.2) is 48.8 Å². The van der Waals surface area contributed by atoms with Gasteiger partial charge in [0.15, 0.2) is 5.78 Å². The Morgan fingerprint density at radius 3 is 2.67 bits per heavy atom. The summed E-state index contributed by atoms with van der Waals surface area (Å²) in [6, 6.07) is 11.4. The number of rotatable bonds is 5. The Labute approximate surface area is 122 Å². The smallest absolute Gasteiger partial charge is 0.185 e. The van der Waals surface area contributed by atoms with Crippen LogP contribution in [0.25, 0.3) is 5.69 Å². The SMILES string of the molecule is Cn1nccc1CCC(=O)c1cnn(-c2ccccc2)n1. The highest BCUT2D eigenvalue weighted by molar-refractivity contribution is 5.93. The Bertz CT molecular complexity index is 744. The van der Waals surface area contributed by atoms with Crippen LogP contribution in [0.3, 0.4) is 0 Å². The second-order valence-corrected chi connectivity index (χ2v) is 4.72. The number of Topliss-reactive ketones (excluding diaryl/α,β-unsaturated/α-hetero) is 1. The molecule has 21 heavy (non-hydrogen) atoms. The van der Waals surface area contributed by atoms with Crippen molar-refractivity contribution in [3.05, 3.63) is 60.2 Å². The van der Waals surface area contributed by atoms with Gasteiger partial charge in [-0.05, 0) is 24.6 Å². The van der Waals surface area contributed by atoms with Crippen molar-refractivity contribution in [3.63, 3.8) is 0 Å². The molecule has 0 atom stereocenters. The lowest BCUT2D eigenvalue weighted by atomic mass is 10.1. The average molecular weight is 281 g/mol. The van der Waals surface area contributed by atoms with E-state index in [0.717, 1.165) is 11.4 Å². The quantitative estimate of drug-likeness (QED) is 0.669. The van der Waals surface area contributed by atoms with Crippen molar-refractivity contribution in [2.45, 2.75) is 12.8 Å². The molecule has 6 heteroatoms. The van der Waals surface area contributed by atoms with E-state index in [1.165, 1.54) is 11.0 Å². The molecule has 3 aromatic rings. The van der Waals surface area contributed by atoms with Crippen LogP contribution >= 0.6 is 0 Å². The molecule has 0 fully saturated rings. The number of nitrogens with zero attached hydrogens (tertiary/aromatic N) is 5. The van der Waals surface area contributed by atoms with E-state index in [-0.39, 0.29) is 5.78 Å². The molecule has 6 nitrogen and oxygen atoms in total. The van der Waals surface area contributed by atoms with E-state index < -0.39 is 0 Å². The van der Waals surface area contributed by atoms with E-state index in [0.29, 0.717) is 18.5 Å². The molecular formula is C15H15N5O. The highest BCUT2D eigenvalue weighted by Crippen LogP contribution is 2.08. The lowest BCUT2D eigenvalue weighted by Gasteiger charge is -2.00. The van der Waals surface area contributed by atoms with Crippen molar-refractivity contribution in [3.8, 4) is 5.69 Å². The fourth-order valence-corrected chi connectivity index (χ4v) is 2.09. The number of hydrogen-bond donors (Lipinski definition) is 0. The maximum Gasteiger partial charge on any atom is 0.185 e. The first-order chi connectivity index (χ1) is 10.2. The first-order valence-electron chi connectivity index (χ1n) is 6.72. The summed E-state index contributed by atoms with van der Waals surface area (Å²) >= 11 is 0. The first kappa shape index (κ1) is 13.2. The molecule has 0 N–H and O–H groups in total. The molecule has 0 aliphatic rings. The van der Waals surface area contributed by atoms with E-state index in [2.05, 4.69) is 15.3 Å². The van der Waals surface area contributed by atoms with Crippen LogP contribution in [-0.4, -0.2) is 30.6 Å². The maximum atomic E-state index is 12.2. The number of benzene rings is 1. The standard InChI is InChI=1S/C15H15N5O/c1-19-12(9-10-16-19)7-8-15(21)14-11-17-20(18-14)13-5-3-2-4-6-13/h2-6,9-11H,7-8H2,1H3. The lowest BCUT2D eigenvalue weighted by molar-refractivity contribution is 0.0977. The van der Waals surface area contributed by atoms with Gasteiger partial charge in [0.25, 0.3) is 0 Å². The molecule has 0 amide bonds. The number of carbonyl (C=O) groups excluding carboxylic acids is 1. The van der Waals surface area contributed by atoms with Gasteiger partial charge in [0.1, 0.15) is 5.69 Å². The van der Waals surface area contributed by atoms with Gasteiger partial charge in [-0.1, -0.05) is 18.2 Å². The summed E-state index contributed by atoms with van der Waals surface area (Å²) in [5, 5.41) is 12.5. The summed E-state index contributed by atoms with van der Waals surface area (Å²) in [6.45, 7) is 0. The summed E-state index contributed by atoms with van der Waals surface area (Å²) in [5.74, 6) is -0.0154. The Kier molecular flexibility index (Phi) is 3.59. The number of ketones is 1. The largest absolute Gasteiger partial charge is 0.292 e. The van der Waals surface area contributed by atoms with Crippen LogP contribution in [0, 0.1) is 0 Å². The normalized spacial score (nSPS) is 10.7. The van der Waals surface area contributed by atoms with Crippen molar-refractivity contribution >= 4 is 5.78 Å². The Morgan fingerprint density at radius 2 is 1.95 bits per heavy atom. The summed E-state index contributed by atoms with van der Waals surface area (Å²) in [4.78, 5) is 13.6. The summed E-state index contributed by atoms with van der Waals surface area (Å²) in [5.41, 5.74) is 2.25. The average Bonchev–Trinajstić information content (AvgIpc) is 3.15. The van der Waals surface area contributed by atoms with Gasteiger partial charge in [-0.3, -0.25) is 9.48 Å². The zero-order valence-electron chi connectivity index (χ0n) is 11.7. The zero-order chi connectivity index (χ0) is 14.7. The van der Waals surface area contributed by atoms with Crippen LogP contribution in [-0.2, 0) is 13.5 Å². The fraction of sp³-hybridized carbons (Fsp3) is 0.200. The molecule has 2 heterocycles. The number of aryl methyl sites for hydroxylation is 2. The van der Waals surface area contributed by atoms with Crippen molar-refractivity contribution in [2.75, 3.05) is 0 Å². The Morgan fingerprint density at radius 1 is 1.14 bits per heavy atom. The molecule has 0 aliphatic heterocycles. The predicted octanol–water partition coefficient (Wildman–Crippen LogP) is 1.82. The van der Waals surface area contributed by atoms with E-state index in [9.17, 15) is 4.79 Å². The topological polar surface area (TPSA) is 65.6 Å². The molecule has 0 spiro atoms. The minimum atomic E-state index is -0.0154. The highest BCUT2D eigenvalue weighted by atomic mass is 16.1. The van der Waals surface area contributed by atoms with Crippen molar-refractivity contribution in [1.82, 2.24) is 24.8 Å². The molecule has 0 saturated heterocycles. The fourth-order valence-electron chi connectivity index (χ4n) is 2.09. The number of hydrogen-bond acceptors (Lipinski definition) is 4. The van der Waals surface area contributed by atoms with Crippen LogP contribution in [0.1, 0.15) is 22.6 Å². The first-order valence-corrected chi connectivity index (χ1v) is 6.72. The van der Waals surface area contributed by atoms with Crippen LogP contribution in [0.4, 0.5) is 0 Å². The summed E-state index contributed by atoms with van der Waals surface area (Å²) in [7, 11) is 1.87. The van der Waals surface area contributed by atoms with Crippen molar-refractivity contribution < 1.29 is 4.79 Å². The van der Waals surface area contributed by atoms with E-state index in [4.69, 9.17) is 0 Å². The third-order valence-corrected chi connectivity index (χ3v) is 3.30. The highest BCUT2D eigenvalue weighted by Gasteiger charge is 2.12. The van der Waals surface area contributed by atoms with E-state index in [1.54, 1.807) is 10.9 Å². The van der Waals surface area contributed by atoms with E-state index >= 15 is 0 Å². The van der Waals surface area contributed by atoms with Gasteiger partial charge in [-0.25, -0.2) is 0 Å². The number of aromatic nitrogens is 5. The van der Waals surface area contributed by atoms with Gasteiger partial charge in [0.2, 0.25) is 0 Å². The molecule has 0 bridgehead atoms. The van der Waals surface area contributed by atoms with Crippen LogP contribution < -0.4 is 0 Å². The maximum absolute atomic E-state index is 12.2. The predicted molar refractivity (Wildman–Crippen MR) is 77.2 cm³/mol. The molecule has 3 rings (SSSR count). The van der Waals surface area contributed by atoms with Crippen molar-refractivity contribution in [2.24, 2.45) is 7.05 Å². The van der Waals surface area contributed by atoms with Gasteiger partial charge in [0.05, 0.1) is 11.9 Å². The lowest BCUT2D eigenvalue weighted by Crippen LogP contribution is -2.06. The monoisotopic (exact) mass is 281 g/mol. The van der Waals surface area contributed by atoms with Crippen LogP contribution in [0.2, 0.25) is 0 Å². The molecule has 2 aromatic heterocycles. The minimum Gasteiger partial charge on any atom is -0.292 e. The zero-order valence-corrected chi connectivity index (χ0v) is 11.7. The number of carbonyl (C=O) groups is 1. The second kappa shape index (κ2) is 5.70. The summed E-state index contributed by atoms with van der Waals surface area (Å²) in [6.07, 6.45) is 4.28. The molecule has 0 saturated carbocycles. The van der Waals surface area contributed by atoms with Gasteiger partial charge < -0.3 is 0 Å². The van der Waals surface area contributed by atoms with Crippen LogP contribution in [0.5, 0.6) is 0 Å². The third kappa shape index (κ3) is 2.89. The van der Waals surface area contributed by atoms with Crippen molar-refractivity contribution in [1.29, 1.82) is 0 Å².